The number of nitrogens with one attached hydrogen (secondary N) is 2. The van der Waals surface area contributed by atoms with E-state index in [-0.39, 0.29) is 18.0 Å². The van der Waals surface area contributed by atoms with Crippen LogP contribution in [-0.2, 0) is 17.8 Å². The van der Waals surface area contributed by atoms with Crippen LogP contribution in [-0.4, -0.2) is 22.0 Å². The summed E-state index contributed by atoms with van der Waals surface area (Å²) in [7, 11) is 0. The lowest BCUT2D eigenvalue weighted by atomic mass is 10.1. The van der Waals surface area contributed by atoms with E-state index in [0.717, 1.165) is 5.56 Å². The smallest absolute Gasteiger partial charge is 0.328 e. The van der Waals surface area contributed by atoms with E-state index in [2.05, 4.69) is 10.3 Å². The predicted molar refractivity (Wildman–Crippen MR) is 111 cm³/mol. The molecule has 0 aliphatic carbocycles. The van der Waals surface area contributed by atoms with E-state index in [9.17, 15) is 14.4 Å². The Bertz CT molecular complexity index is 1090. The molecule has 1 amide bonds. The van der Waals surface area contributed by atoms with Crippen molar-refractivity contribution in [3.8, 4) is 0 Å². The average Bonchev–Trinajstić information content (AvgIpc) is 2.69. The summed E-state index contributed by atoms with van der Waals surface area (Å²) in [6, 6.07) is 14.5. The summed E-state index contributed by atoms with van der Waals surface area (Å²) in [4.78, 5) is 39.2. The minimum atomic E-state index is -0.423. The second-order valence-electron chi connectivity index (χ2n) is 6.58. The van der Waals surface area contributed by atoms with Gasteiger partial charge in [0, 0.05) is 24.5 Å². The molecule has 0 saturated carbocycles. The number of aromatic amines is 1. The van der Waals surface area contributed by atoms with Crippen LogP contribution in [0.15, 0.2) is 58.1 Å². The van der Waals surface area contributed by atoms with E-state index in [4.69, 9.17) is 11.6 Å². The number of hydrogen-bond donors (Lipinski definition) is 2. The monoisotopic (exact) mass is 399 g/mol. The van der Waals surface area contributed by atoms with Crippen molar-refractivity contribution in [3.63, 3.8) is 0 Å². The summed E-state index contributed by atoms with van der Waals surface area (Å²) < 4.78 is 1.19. The highest BCUT2D eigenvalue weighted by Gasteiger charge is 2.08. The predicted octanol–water partition coefficient (Wildman–Crippen LogP) is 2.87. The maximum absolute atomic E-state index is 12.4. The number of carbonyl (C=O) groups is 1. The molecular weight excluding hydrogens is 378 g/mol. The van der Waals surface area contributed by atoms with Gasteiger partial charge < -0.3 is 10.3 Å². The van der Waals surface area contributed by atoms with Crippen LogP contribution in [0.2, 0.25) is 5.02 Å². The van der Waals surface area contributed by atoms with Crippen molar-refractivity contribution >= 4 is 28.4 Å². The van der Waals surface area contributed by atoms with E-state index in [1.165, 1.54) is 4.57 Å². The molecule has 2 aromatic carbocycles. The van der Waals surface area contributed by atoms with E-state index >= 15 is 0 Å². The number of nitrogens with zero attached hydrogens (tertiary/aromatic N) is 1. The molecule has 1 aromatic heterocycles. The first-order chi connectivity index (χ1) is 13.6. The highest BCUT2D eigenvalue weighted by molar-refractivity contribution is 6.31. The van der Waals surface area contributed by atoms with Crippen LogP contribution in [0.3, 0.4) is 0 Å². The number of H-pyrrole nitrogens is 1. The van der Waals surface area contributed by atoms with Crippen molar-refractivity contribution in [3.05, 3.63) is 80.0 Å². The Morgan fingerprint density at radius 2 is 1.79 bits per heavy atom. The summed E-state index contributed by atoms with van der Waals surface area (Å²) in [5.41, 5.74) is 0.808. The van der Waals surface area contributed by atoms with Crippen molar-refractivity contribution in [1.29, 1.82) is 0 Å². The molecule has 3 rings (SSSR count). The van der Waals surface area contributed by atoms with Gasteiger partial charge in [-0.05, 0) is 43.0 Å². The Kier molecular flexibility index (Phi) is 6.66. The average molecular weight is 400 g/mol. The first kappa shape index (κ1) is 19.9. The Morgan fingerprint density at radius 1 is 1.04 bits per heavy atom. The maximum atomic E-state index is 12.4. The van der Waals surface area contributed by atoms with Gasteiger partial charge in [0.15, 0.2) is 0 Å². The largest absolute Gasteiger partial charge is 0.356 e. The van der Waals surface area contributed by atoms with Gasteiger partial charge in [0.1, 0.15) is 0 Å². The maximum Gasteiger partial charge on any atom is 0.328 e. The number of amides is 1. The molecule has 0 saturated heterocycles. The van der Waals surface area contributed by atoms with Crippen molar-refractivity contribution in [1.82, 2.24) is 14.9 Å². The Hall–Kier alpha value is -2.86. The molecule has 1 heterocycles. The number of benzene rings is 2. The summed E-state index contributed by atoms with van der Waals surface area (Å²) in [5.74, 6) is -0.0492. The quantitative estimate of drug-likeness (QED) is 0.571. The Labute approximate surface area is 167 Å². The lowest BCUT2D eigenvalue weighted by Crippen LogP contribution is -2.35. The Balaban J connectivity index is 1.45. The zero-order valence-electron chi connectivity index (χ0n) is 15.4. The fourth-order valence-electron chi connectivity index (χ4n) is 3.08. The summed E-state index contributed by atoms with van der Waals surface area (Å²) in [6.07, 6.45) is 2.19. The van der Waals surface area contributed by atoms with Crippen molar-refractivity contribution < 1.29 is 4.79 Å². The molecule has 0 aliphatic rings. The number of fused-ring (bicyclic) bond motifs is 1. The number of halogens is 1. The van der Waals surface area contributed by atoms with Crippen LogP contribution in [0.25, 0.3) is 10.9 Å². The first-order valence-corrected chi connectivity index (χ1v) is 9.66. The third-order valence-electron chi connectivity index (χ3n) is 4.60. The van der Waals surface area contributed by atoms with E-state index in [1.807, 2.05) is 24.3 Å². The third-order valence-corrected chi connectivity index (χ3v) is 4.97. The van der Waals surface area contributed by atoms with Crippen LogP contribution in [0.4, 0.5) is 0 Å². The topological polar surface area (TPSA) is 84.0 Å². The van der Waals surface area contributed by atoms with Gasteiger partial charge in [-0.1, -0.05) is 41.9 Å². The van der Waals surface area contributed by atoms with Crippen molar-refractivity contribution in [2.24, 2.45) is 0 Å². The highest BCUT2D eigenvalue weighted by atomic mass is 35.5. The van der Waals surface area contributed by atoms with E-state index in [0.29, 0.717) is 48.2 Å². The number of rotatable bonds is 8. The number of hydrogen-bond acceptors (Lipinski definition) is 3. The molecule has 0 atom stereocenters. The molecule has 28 heavy (non-hydrogen) atoms. The molecular formula is C21H22ClN3O3. The zero-order chi connectivity index (χ0) is 19.9. The SMILES string of the molecule is O=C(CCCCn1c(=O)[nH]c2ccccc2c1=O)NCCc1ccccc1Cl. The van der Waals surface area contributed by atoms with E-state index < -0.39 is 5.69 Å². The molecule has 2 N–H and O–H groups in total. The highest BCUT2D eigenvalue weighted by Crippen LogP contribution is 2.14. The molecule has 3 aromatic rings. The van der Waals surface area contributed by atoms with Crippen molar-refractivity contribution in [2.75, 3.05) is 6.54 Å². The number of aromatic nitrogens is 2. The van der Waals surface area contributed by atoms with Gasteiger partial charge in [-0.2, -0.15) is 0 Å². The van der Waals surface area contributed by atoms with Crippen LogP contribution in [0.1, 0.15) is 24.8 Å². The van der Waals surface area contributed by atoms with Gasteiger partial charge in [-0.3, -0.25) is 14.2 Å². The van der Waals surface area contributed by atoms with Crippen molar-refractivity contribution in [2.45, 2.75) is 32.2 Å². The molecule has 0 radical (unpaired) electrons. The summed E-state index contributed by atoms with van der Waals surface area (Å²) >= 11 is 6.09. The van der Waals surface area contributed by atoms with Gasteiger partial charge in [0.05, 0.1) is 10.9 Å². The van der Waals surface area contributed by atoms with Crippen LogP contribution in [0.5, 0.6) is 0 Å². The van der Waals surface area contributed by atoms with Crippen LogP contribution >= 0.6 is 11.6 Å². The molecule has 7 heteroatoms. The number of carbonyl (C=O) groups excluding carboxylic acids is 1. The van der Waals surface area contributed by atoms with Crippen LogP contribution in [0, 0.1) is 0 Å². The molecule has 0 unspecified atom stereocenters. The van der Waals surface area contributed by atoms with E-state index in [1.54, 1.807) is 24.3 Å². The molecule has 0 bridgehead atoms. The molecule has 146 valence electrons. The minimum Gasteiger partial charge on any atom is -0.356 e. The summed E-state index contributed by atoms with van der Waals surface area (Å²) in [5, 5.41) is 4.05. The van der Waals surface area contributed by atoms with Gasteiger partial charge in [-0.25, -0.2) is 4.79 Å². The number of para-hydroxylation sites is 1. The third kappa shape index (κ3) is 4.89. The minimum absolute atomic E-state index is 0.0492. The number of unbranched alkanes of at least 4 members (excludes halogenated alkanes) is 1. The first-order valence-electron chi connectivity index (χ1n) is 9.28. The fraction of sp³-hybridized carbons (Fsp3) is 0.286. The normalized spacial score (nSPS) is 10.9. The van der Waals surface area contributed by atoms with Crippen LogP contribution < -0.4 is 16.6 Å². The molecule has 6 nitrogen and oxygen atoms in total. The van der Waals surface area contributed by atoms with Gasteiger partial charge in [0.2, 0.25) is 5.91 Å². The molecule has 0 spiro atoms. The fourth-order valence-corrected chi connectivity index (χ4v) is 3.31. The van der Waals surface area contributed by atoms with Gasteiger partial charge in [-0.15, -0.1) is 0 Å². The second-order valence-corrected chi connectivity index (χ2v) is 6.99. The standard InChI is InChI=1S/C21H22ClN3O3/c22-17-9-3-1-7-15(17)12-13-23-19(26)11-5-6-14-25-20(27)16-8-2-4-10-18(16)24-21(25)28/h1-4,7-10H,5-6,11-14H2,(H,23,26)(H,24,28). The summed E-state index contributed by atoms with van der Waals surface area (Å²) in [6.45, 7) is 0.804. The lowest BCUT2D eigenvalue weighted by Gasteiger charge is -2.08. The second kappa shape index (κ2) is 9.37. The molecule has 0 aliphatic heterocycles. The zero-order valence-corrected chi connectivity index (χ0v) is 16.2. The Morgan fingerprint density at radius 3 is 2.61 bits per heavy atom. The lowest BCUT2D eigenvalue weighted by molar-refractivity contribution is -0.121. The van der Waals surface area contributed by atoms with Gasteiger partial charge in [0.25, 0.3) is 5.56 Å². The molecule has 0 fully saturated rings. The van der Waals surface area contributed by atoms with Gasteiger partial charge >= 0.3 is 5.69 Å².